The molecule has 1 aromatic heterocycles. The van der Waals surface area contributed by atoms with Crippen molar-refractivity contribution in [1.29, 1.82) is 0 Å². The van der Waals surface area contributed by atoms with Crippen LogP contribution in [0, 0.1) is 6.92 Å². The van der Waals surface area contributed by atoms with Crippen LogP contribution in [0.25, 0.3) is 11.0 Å². The zero-order valence-electron chi connectivity index (χ0n) is 29.9. The minimum Gasteiger partial charge on any atom is -0.495 e. The van der Waals surface area contributed by atoms with Gasteiger partial charge in [-0.3, -0.25) is 9.59 Å². The Bertz CT molecular complexity index is 1570. The third-order valence-electron chi connectivity index (χ3n) is 9.14. The molecular formula is C41H56N4O4. The number of aryl methyl sites for hydroxylation is 1. The Morgan fingerprint density at radius 1 is 0.755 bits per heavy atom. The number of aromatic nitrogens is 3. The van der Waals surface area contributed by atoms with Gasteiger partial charge in [0.15, 0.2) is 11.8 Å². The summed E-state index contributed by atoms with van der Waals surface area (Å²) in [5, 5.41) is 11.4. The molecule has 8 heteroatoms. The zero-order chi connectivity index (χ0) is 34.7. The summed E-state index contributed by atoms with van der Waals surface area (Å²) in [5.41, 5.74) is 3.06. The van der Waals surface area contributed by atoms with Gasteiger partial charge in [0.05, 0.1) is 24.9 Å². The van der Waals surface area contributed by atoms with Crippen molar-refractivity contribution < 1.29 is 19.1 Å². The number of methoxy groups -OCH3 is 1. The molecule has 0 bridgehead atoms. The van der Waals surface area contributed by atoms with Gasteiger partial charge in [-0.2, -0.15) is 0 Å². The second kappa shape index (κ2) is 21.0. The van der Waals surface area contributed by atoms with Crippen molar-refractivity contribution in [3.05, 3.63) is 77.9 Å². The van der Waals surface area contributed by atoms with Crippen LogP contribution >= 0.6 is 0 Å². The van der Waals surface area contributed by atoms with Crippen molar-refractivity contribution in [2.45, 2.75) is 123 Å². The number of nitrogens with one attached hydrogen (secondary N) is 1. The minimum atomic E-state index is -1.28. The molecule has 1 atom stereocenters. The second-order valence-corrected chi connectivity index (χ2v) is 13.2. The number of hydrogen-bond acceptors (Lipinski definition) is 6. The van der Waals surface area contributed by atoms with Gasteiger partial charge in [-0.15, -0.1) is 5.10 Å². The van der Waals surface area contributed by atoms with E-state index in [1.165, 1.54) is 102 Å². The maximum Gasteiger partial charge on any atom is 0.257 e. The van der Waals surface area contributed by atoms with Crippen LogP contribution in [0.3, 0.4) is 0 Å². The quantitative estimate of drug-likeness (QED) is 0.0453. The van der Waals surface area contributed by atoms with E-state index in [0.717, 1.165) is 18.4 Å². The van der Waals surface area contributed by atoms with E-state index in [2.05, 4.69) is 22.6 Å². The maximum atomic E-state index is 14.0. The highest BCUT2D eigenvalue weighted by Crippen LogP contribution is 2.27. The fourth-order valence-corrected chi connectivity index (χ4v) is 6.25. The first kappa shape index (κ1) is 37.6. The standard InChI is InChI=1S/C41H56N4O4/c1-4-5-6-7-8-9-10-11-12-13-14-15-16-17-18-21-30-49-34-27-25-33(26-28-34)40(46)39(41(47)42-35-22-19-20-23-38(35)48-3)45-37-29-24-32(2)31-36(37)43-44-45/h19-20,22-29,31,39H,4-18,21,30H2,1-3H3,(H,42,47). The molecule has 4 aromatic rings. The number of ether oxygens (including phenoxy) is 2. The smallest absolute Gasteiger partial charge is 0.257 e. The van der Waals surface area contributed by atoms with Crippen LogP contribution in [-0.2, 0) is 4.79 Å². The number of para-hydroxylation sites is 2. The number of anilines is 1. The Hall–Kier alpha value is -4.20. The number of benzene rings is 3. The van der Waals surface area contributed by atoms with Crippen molar-refractivity contribution in [1.82, 2.24) is 15.0 Å². The molecule has 0 spiro atoms. The lowest BCUT2D eigenvalue weighted by atomic mass is 10.0. The Labute approximate surface area is 293 Å². The molecule has 1 unspecified atom stereocenters. The summed E-state index contributed by atoms with van der Waals surface area (Å²) in [5.74, 6) is 0.260. The highest BCUT2D eigenvalue weighted by Gasteiger charge is 2.32. The first-order valence-electron chi connectivity index (χ1n) is 18.5. The predicted molar refractivity (Wildman–Crippen MR) is 199 cm³/mol. The zero-order valence-corrected chi connectivity index (χ0v) is 29.9. The summed E-state index contributed by atoms with van der Waals surface area (Å²) < 4.78 is 12.8. The molecule has 0 aliphatic carbocycles. The molecule has 4 rings (SSSR count). The molecule has 0 aliphatic rings. The van der Waals surface area contributed by atoms with Crippen molar-refractivity contribution in [2.24, 2.45) is 0 Å². The third-order valence-corrected chi connectivity index (χ3v) is 9.14. The van der Waals surface area contributed by atoms with Gasteiger partial charge in [0.1, 0.15) is 17.0 Å². The van der Waals surface area contributed by atoms with Crippen LogP contribution in [0.1, 0.15) is 132 Å². The van der Waals surface area contributed by atoms with Crippen molar-refractivity contribution >= 4 is 28.4 Å². The van der Waals surface area contributed by atoms with Crippen LogP contribution < -0.4 is 14.8 Å². The van der Waals surface area contributed by atoms with E-state index < -0.39 is 17.7 Å². The Morgan fingerprint density at radius 2 is 1.35 bits per heavy atom. The number of ketones is 1. The highest BCUT2D eigenvalue weighted by molar-refractivity contribution is 6.16. The summed E-state index contributed by atoms with van der Waals surface area (Å²) >= 11 is 0. The third kappa shape index (κ3) is 12.0. The van der Waals surface area contributed by atoms with Crippen LogP contribution in [0.15, 0.2) is 66.7 Å². The number of nitrogens with zero attached hydrogens (tertiary/aromatic N) is 3. The maximum absolute atomic E-state index is 14.0. The topological polar surface area (TPSA) is 95.3 Å². The SMILES string of the molecule is CCCCCCCCCCCCCCCCCCOc1ccc(C(=O)C(C(=O)Nc2ccccc2OC)n2nnc3cc(C)ccc32)cc1. The Kier molecular flexibility index (Phi) is 16.1. The van der Waals surface area contributed by atoms with Crippen LogP contribution in [0.4, 0.5) is 5.69 Å². The van der Waals surface area contributed by atoms with Crippen molar-refractivity contribution in [2.75, 3.05) is 19.0 Å². The average Bonchev–Trinajstić information content (AvgIpc) is 3.52. The molecule has 3 aromatic carbocycles. The number of unbranched alkanes of at least 4 members (excludes halogenated alkanes) is 15. The minimum absolute atomic E-state index is 0.380. The predicted octanol–water partition coefficient (Wildman–Crippen LogP) is 10.5. The molecule has 8 nitrogen and oxygen atoms in total. The lowest BCUT2D eigenvalue weighted by Gasteiger charge is -2.18. The number of carbonyl (C=O) groups is 2. The van der Waals surface area contributed by atoms with Crippen LogP contribution in [0.2, 0.25) is 0 Å². The molecule has 264 valence electrons. The molecule has 0 saturated heterocycles. The number of hydrogen-bond donors (Lipinski definition) is 1. The Balaban J connectivity index is 1.21. The van der Waals surface area contributed by atoms with Gasteiger partial charge >= 0.3 is 0 Å². The normalized spacial score (nSPS) is 11.8. The van der Waals surface area contributed by atoms with Gasteiger partial charge in [-0.1, -0.05) is 127 Å². The van der Waals surface area contributed by atoms with E-state index in [0.29, 0.717) is 40.4 Å². The molecule has 0 radical (unpaired) electrons. The van der Waals surface area contributed by atoms with E-state index in [-0.39, 0.29) is 0 Å². The van der Waals surface area contributed by atoms with Gasteiger partial charge in [0.2, 0.25) is 0 Å². The second-order valence-electron chi connectivity index (χ2n) is 13.2. The Morgan fingerprint density at radius 3 is 1.96 bits per heavy atom. The van der Waals surface area contributed by atoms with E-state index in [1.54, 1.807) is 42.5 Å². The largest absolute Gasteiger partial charge is 0.495 e. The molecule has 1 heterocycles. The van der Waals surface area contributed by atoms with Gasteiger partial charge in [-0.05, 0) is 67.4 Å². The first-order chi connectivity index (χ1) is 24.0. The van der Waals surface area contributed by atoms with Gasteiger partial charge in [-0.25, -0.2) is 4.68 Å². The van der Waals surface area contributed by atoms with Crippen molar-refractivity contribution in [3.8, 4) is 11.5 Å². The molecule has 49 heavy (non-hydrogen) atoms. The van der Waals surface area contributed by atoms with E-state index in [1.807, 2.05) is 31.2 Å². The summed E-state index contributed by atoms with van der Waals surface area (Å²) in [4.78, 5) is 27.7. The average molecular weight is 669 g/mol. The van der Waals surface area contributed by atoms with Gasteiger partial charge in [0, 0.05) is 5.56 Å². The monoisotopic (exact) mass is 668 g/mol. The number of amides is 1. The van der Waals surface area contributed by atoms with E-state index in [4.69, 9.17) is 9.47 Å². The summed E-state index contributed by atoms with van der Waals surface area (Å²) in [6.45, 7) is 4.87. The number of Topliss-reactive ketones (excluding diaryl/α,β-unsaturated/α-hetero) is 1. The summed E-state index contributed by atoms with van der Waals surface area (Å²) in [7, 11) is 1.53. The fraction of sp³-hybridized carbons (Fsp3) is 0.512. The molecule has 0 fully saturated rings. The first-order valence-corrected chi connectivity index (χ1v) is 18.5. The highest BCUT2D eigenvalue weighted by atomic mass is 16.5. The number of carbonyl (C=O) groups excluding carboxylic acids is 2. The molecule has 1 amide bonds. The van der Waals surface area contributed by atoms with E-state index in [9.17, 15) is 9.59 Å². The molecule has 0 aliphatic heterocycles. The molecule has 0 saturated carbocycles. The van der Waals surface area contributed by atoms with Gasteiger partial charge < -0.3 is 14.8 Å². The lowest BCUT2D eigenvalue weighted by molar-refractivity contribution is -0.118. The van der Waals surface area contributed by atoms with Crippen LogP contribution in [-0.4, -0.2) is 40.4 Å². The molecular weight excluding hydrogens is 612 g/mol. The van der Waals surface area contributed by atoms with E-state index >= 15 is 0 Å². The van der Waals surface area contributed by atoms with Gasteiger partial charge in [0.25, 0.3) is 5.91 Å². The number of fused-ring (bicyclic) bond motifs is 1. The lowest BCUT2D eigenvalue weighted by Crippen LogP contribution is -2.33. The number of rotatable bonds is 24. The molecule has 1 N–H and O–H groups in total. The van der Waals surface area contributed by atoms with Crippen LogP contribution in [0.5, 0.6) is 11.5 Å². The van der Waals surface area contributed by atoms with Crippen molar-refractivity contribution in [3.63, 3.8) is 0 Å². The summed E-state index contributed by atoms with van der Waals surface area (Å²) in [6, 6.07) is 18.4. The fourth-order valence-electron chi connectivity index (χ4n) is 6.25. The summed E-state index contributed by atoms with van der Waals surface area (Å²) in [6.07, 6.45) is 21.3.